The lowest BCUT2D eigenvalue weighted by molar-refractivity contribution is 0.102. The topological polar surface area (TPSA) is 57.7 Å². The Bertz CT molecular complexity index is 820. The van der Waals surface area contributed by atoms with Gasteiger partial charge in [0.05, 0.1) is 24.6 Å². The molecule has 2 fully saturated rings. The zero-order valence-corrected chi connectivity index (χ0v) is 16.4. The van der Waals surface area contributed by atoms with Crippen LogP contribution in [0.1, 0.15) is 30.3 Å². The van der Waals surface area contributed by atoms with Crippen LogP contribution in [0.15, 0.2) is 42.6 Å². The van der Waals surface area contributed by atoms with E-state index in [0.29, 0.717) is 24.8 Å². The summed E-state index contributed by atoms with van der Waals surface area (Å²) in [6, 6.07) is 11.8. The van der Waals surface area contributed by atoms with E-state index >= 15 is 0 Å². The Kier molecular flexibility index (Phi) is 5.76. The van der Waals surface area contributed by atoms with E-state index < -0.39 is 0 Å². The van der Waals surface area contributed by atoms with Crippen LogP contribution in [-0.4, -0.2) is 50.3 Å². The number of nitrogens with one attached hydrogen (secondary N) is 1. The minimum absolute atomic E-state index is 0.174. The zero-order chi connectivity index (χ0) is 19.3. The van der Waals surface area contributed by atoms with Crippen molar-refractivity contribution in [3.05, 3.63) is 48.3 Å². The van der Waals surface area contributed by atoms with Crippen molar-refractivity contribution in [1.82, 2.24) is 4.98 Å². The molecule has 1 unspecified atom stereocenters. The Morgan fingerprint density at radius 2 is 1.96 bits per heavy atom. The van der Waals surface area contributed by atoms with E-state index in [4.69, 9.17) is 4.74 Å². The molecule has 6 nitrogen and oxygen atoms in total. The number of morpholine rings is 1. The van der Waals surface area contributed by atoms with Crippen molar-refractivity contribution < 1.29 is 9.53 Å². The number of rotatable bonds is 4. The SMILES string of the molecule is CC1CCCN(c2ccnc(C(=O)Nc3ccccc3N3CCOCC3)c2)C1. The van der Waals surface area contributed by atoms with E-state index in [0.717, 1.165) is 43.2 Å². The smallest absolute Gasteiger partial charge is 0.274 e. The first kappa shape index (κ1) is 18.7. The predicted molar refractivity (Wildman–Crippen MR) is 112 cm³/mol. The van der Waals surface area contributed by atoms with Crippen LogP contribution in [-0.2, 0) is 4.74 Å². The van der Waals surface area contributed by atoms with Crippen molar-refractivity contribution in [3.63, 3.8) is 0 Å². The van der Waals surface area contributed by atoms with Gasteiger partial charge in [0.15, 0.2) is 0 Å². The van der Waals surface area contributed by atoms with E-state index in [2.05, 4.69) is 27.0 Å². The highest BCUT2D eigenvalue weighted by atomic mass is 16.5. The van der Waals surface area contributed by atoms with Crippen LogP contribution in [0.2, 0.25) is 0 Å². The molecular weight excluding hydrogens is 352 g/mol. The fraction of sp³-hybridized carbons (Fsp3) is 0.455. The van der Waals surface area contributed by atoms with Crippen LogP contribution in [0.25, 0.3) is 0 Å². The van der Waals surface area contributed by atoms with Crippen LogP contribution in [0.4, 0.5) is 17.1 Å². The van der Waals surface area contributed by atoms with Gasteiger partial charge in [0.2, 0.25) is 0 Å². The summed E-state index contributed by atoms with van der Waals surface area (Å²) >= 11 is 0. The molecule has 2 saturated heterocycles. The minimum atomic E-state index is -0.174. The maximum absolute atomic E-state index is 12.9. The average Bonchev–Trinajstić information content (AvgIpc) is 2.75. The molecule has 0 aliphatic carbocycles. The summed E-state index contributed by atoms with van der Waals surface area (Å²) in [5.74, 6) is 0.507. The summed E-state index contributed by atoms with van der Waals surface area (Å²) in [4.78, 5) is 21.8. The number of hydrogen-bond acceptors (Lipinski definition) is 5. The Morgan fingerprint density at radius 3 is 2.79 bits per heavy atom. The molecule has 28 heavy (non-hydrogen) atoms. The second-order valence-electron chi connectivity index (χ2n) is 7.66. The Morgan fingerprint density at radius 1 is 1.14 bits per heavy atom. The molecule has 4 rings (SSSR count). The van der Waals surface area contributed by atoms with Gasteiger partial charge >= 0.3 is 0 Å². The standard InChI is InChI=1S/C22H28N4O2/c1-17-5-4-10-26(16-17)18-8-9-23-20(15-18)22(27)24-19-6-2-3-7-21(19)25-11-13-28-14-12-25/h2-3,6-9,15,17H,4-5,10-14,16H2,1H3,(H,24,27). The minimum Gasteiger partial charge on any atom is -0.378 e. The predicted octanol–water partition coefficient (Wildman–Crippen LogP) is 3.41. The number of benzene rings is 1. The van der Waals surface area contributed by atoms with Crippen LogP contribution in [0, 0.1) is 5.92 Å². The van der Waals surface area contributed by atoms with Gasteiger partial charge in [-0.15, -0.1) is 0 Å². The fourth-order valence-electron chi connectivity index (χ4n) is 4.01. The number of pyridine rings is 1. The molecule has 2 aliphatic heterocycles. The Balaban J connectivity index is 1.51. The van der Waals surface area contributed by atoms with Crippen LogP contribution in [0.3, 0.4) is 0 Å². The van der Waals surface area contributed by atoms with E-state index in [-0.39, 0.29) is 5.91 Å². The van der Waals surface area contributed by atoms with Gasteiger partial charge in [-0.2, -0.15) is 0 Å². The highest BCUT2D eigenvalue weighted by Gasteiger charge is 2.19. The Labute approximate surface area is 166 Å². The second kappa shape index (κ2) is 8.61. The van der Waals surface area contributed by atoms with E-state index in [1.807, 2.05) is 36.4 Å². The number of piperidine rings is 1. The van der Waals surface area contributed by atoms with Gasteiger partial charge < -0.3 is 19.9 Å². The number of ether oxygens (including phenoxy) is 1. The summed E-state index contributed by atoms with van der Waals surface area (Å²) in [5.41, 5.74) is 3.37. The molecule has 1 amide bonds. The van der Waals surface area contributed by atoms with Gasteiger partial charge in [-0.3, -0.25) is 9.78 Å². The molecule has 1 N–H and O–H groups in total. The summed E-state index contributed by atoms with van der Waals surface area (Å²) in [7, 11) is 0. The number of nitrogens with zero attached hydrogens (tertiary/aromatic N) is 3. The maximum Gasteiger partial charge on any atom is 0.274 e. The van der Waals surface area contributed by atoms with Crippen molar-refractivity contribution in [1.29, 1.82) is 0 Å². The largest absolute Gasteiger partial charge is 0.378 e. The molecular formula is C22H28N4O2. The van der Waals surface area contributed by atoms with Gasteiger partial charge in [0.1, 0.15) is 5.69 Å². The lowest BCUT2D eigenvalue weighted by atomic mass is 10.00. The van der Waals surface area contributed by atoms with Crippen molar-refractivity contribution >= 4 is 23.0 Å². The quantitative estimate of drug-likeness (QED) is 0.881. The number of anilines is 3. The number of carbonyl (C=O) groups excluding carboxylic acids is 1. The summed E-state index contributed by atoms with van der Waals surface area (Å²) in [6.45, 7) is 7.42. The molecule has 3 heterocycles. The van der Waals surface area contributed by atoms with Crippen LogP contribution in [0.5, 0.6) is 0 Å². The maximum atomic E-state index is 12.9. The van der Waals surface area contributed by atoms with Crippen LogP contribution < -0.4 is 15.1 Å². The summed E-state index contributed by atoms with van der Waals surface area (Å²) in [6.07, 6.45) is 4.20. The molecule has 1 aromatic heterocycles. The first-order valence-corrected chi connectivity index (χ1v) is 10.1. The fourth-order valence-corrected chi connectivity index (χ4v) is 4.01. The molecule has 2 aliphatic rings. The third-order valence-corrected chi connectivity index (χ3v) is 5.50. The molecule has 148 valence electrons. The highest BCUT2D eigenvalue weighted by molar-refractivity contribution is 6.05. The lowest BCUT2D eigenvalue weighted by Gasteiger charge is -2.32. The molecule has 0 bridgehead atoms. The van der Waals surface area contributed by atoms with Gasteiger partial charge in [-0.1, -0.05) is 19.1 Å². The summed E-state index contributed by atoms with van der Waals surface area (Å²) in [5, 5.41) is 3.06. The van der Waals surface area contributed by atoms with Crippen molar-refractivity contribution in [2.75, 3.05) is 54.5 Å². The first-order valence-electron chi connectivity index (χ1n) is 10.1. The first-order chi connectivity index (χ1) is 13.7. The molecule has 0 saturated carbocycles. The van der Waals surface area contributed by atoms with Gasteiger partial charge in [-0.25, -0.2) is 0 Å². The van der Waals surface area contributed by atoms with Gasteiger partial charge in [-0.05, 0) is 43.0 Å². The lowest BCUT2D eigenvalue weighted by Crippen LogP contribution is -2.36. The Hall–Kier alpha value is -2.60. The monoisotopic (exact) mass is 380 g/mol. The third kappa shape index (κ3) is 4.28. The highest BCUT2D eigenvalue weighted by Crippen LogP contribution is 2.27. The number of amides is 1. The average molecular weight is 380 g/mol. The third-order valence-electron chi connectivity index (χ3n) is 5.50. The van der Waals surface area contributed by atoms with E-state index in [9.17, 15) is 4.79 Å². The molecule has 0 spiro atoms. The van der Waals surface area contributed by atoms with Crippen molar-refractivity contribution in [3.8, 4) is 0 Å². The van der Waals surface area contributed by atoms with Gasteiger partial charge in [0, 0.05) is 38.1 Å². The van der Waals surface area contributed by atoms with Crippen LogP contribution >= 0.6 is 0 Å². The zero-order valence-electron chi connectivity index (χ0n) is 16.4. The molecule has 0 radical (unpaired) electrons. The normalized spacial score (nSPS) is 20.1. The molecule has 1 aromatic carbocycles. The number of hydrogen-bond donors (Lipinski definition) is 1. The van der Waals surface area contributed by atoms with Gasteiger partial charge in [0.25, 0.3) is 5.91 Å². The number of carbonyl (C=O) groups is 1. The second-order valence-corrected chi connectivity index (χ2v) is 7.66. The van der Waals surface area contributed by atoms with E-state index in [1.165, 1.54) is 12.8 Å². The van der Waals surface area contributed by atoms with Crippen molar-refractivity contribution in [2.45, 2.75) is 19.8 Å². The molecule has 1 atom stereocenters. The van der Waals surface area contributed by atoms with Crippen molar-refractivity contribution in [2.24, 2.45) is 5.92 Å². The molecule has 2 aromatic rings. The summed E-state index contributed by atoms with van der Waals surface area (Å²) < 4.78 is 5.45. The number of aromatic nitrogens is 1. The number of para-hydroxylation sites is 2. The van der Waals surface area contributed by atoms with E-state index in [1.54, 1.807) is 6.20 Å². The molecule has 6 heteroatoms.